The van der Waals surface area contributed by atoms with Crippen LogP contribution in [0, 0.1) is 7.14 Å². The maximum absolute atomic E-state index is 11.8. The summed E-state index contributed by atoms with van der Waals surface area (Å²) in [5.41, 5.74) is 2.25. The van der Waals surface area contributed by atoms with Gasteiger partial charge < -0.3 is 15.3 Å². The summed E-state index contributed by atoms with van der Waals surface area (Å²) in [6, 6.07) is 13.3. The van der Waals surface area contributed by atoms with Crippen molar-refractivity contribution in [2.24, 2.45) is 0 Å². The third-order valence-electron chi connectivity index (χ3n) is 4.32. The Morgan fingerprint density at radius 2 is 1.33 bits per heavy atom. The molecule has 0 amide bonds. The number of benzene rings is 3. The predicted octanol–water partition coefficient (Wildman–Crippen LogP) is 5.85. The number of rotatable bonds is 2. The van der Waals surface area contributed by atoms with E-state index < -0.39 is 5.97 Å². The van der Waals surface area contributed by atoms with Gasteiger partial charge in [-0.25, -0.2) is 9.21 Å². The van der Waals surface area contributed by atoms with Gasteiger partial charge in [-0.3, -0.25) is 0 Å². The van der Waals surface area contributed by atoms with Gasteiger partial charge in [0.1, 0.15) is 11.5 Å². The van der Waals surface area contributed by atoms with Crippen molar-refractivity contribution in [1.82, 2.24) is 0 Å². The van der Waals surface area contributed by atoms with Crippen LogP contribution in [0.25, 0.3) is 33.1 Å². The average molecular weight is 585 g/mol. The van der Waals surface area contributed by atoms with E-state index in [4.69, 9.17) is 4.42 Å². The van der Waals surface area contributed by atoms with E-state index in [1.165, 1.54) is 0 Å². The molecule has 0 saturated carbocycles. The molecule has 0 atom stereocenters. The molecule has 7 heteroatoms. The predicted molar refractivity (Wildman–Crippen MR) is 119 cm³/mol. The molecule has 1 heterocycles. The molecule has 1 aromatic heterocycles. The van der Waals surface area contributed by atoms with Crippen LogP contribution in [-0.4, -0.2) is 21.3 Å². The molecule has 3 N–H and O–H groups in total. The number of phenols is 2. The van der Waals surface area contributed by atoms with Crippen molar-refractivity contribution < 1.29 is 24.5 Å². The van der Waals surface area contributed by atoms with Gasteiger partial charge in [-0.2, -0.15) is 0 Å². The third kappa shape index (κ3) is 2.89. The van der Waals surface area contributed by atoms with Gasteiger partial charge in [0.05, 0.1) is 16.3 Å². The minimum absolute atomic E-state index is 0.0684. The molecule has 4 aromatic rings. The van der Waals surface area contributed by atoms with Gasteiger partial charge in [0.25, 0.3) is 0 Å². The molecular weight excluding hydrogens is 574 g/mol. The van der Waals surface area contributed by atoms with Crippen molar-refractivity contribution in [3.05, 3.63) is 61.2 Å². The number of aromatic carboxylic acids is 1. The van der Waals surface area contributed by atoms with Gasteiger partial charge >= 0.3 is 17.1 Å². The van der Waals surface area contributed by atoms with E-state index in [1.54, 1.807) is 48.5 Å². The summed E-state index contributed by atoms with van der Waals surface area (Å²) in [6.45, 7) is 0. The lowest BCUT2D eigenvalue weighted by atomic mass is 9.93. The highest BCUT2D eigenvalue weighted by Gasteiger charge is 2.28. The Balaban J connectivity index is 2.30. The van der Waals surface area contributed by atoms with Gasteiger partial charge in [0.2, 0.25) is 0 Å². The zero-order chi connectivity index (χ0) is 19.3. The van der Waals surface area contributed by atoms with Gasteiger partial charge in [0, 0.05) is 5.56 Å². The molecule has 134 valence electrons. The van der Waals surface area contributed by atoms with Crippen molar-refractivity contribution in [3.8, 4) is 22.6 Å². The number of carboxylic acid groups (broad SMARTS) is 1. The first-order valence-electron chi connectivity index (χ1n) is 7.81. The fraction of sp³-hybridized carbons (Fsp3) is 0. The highest BCUT2D eigenvalue weighted by atomic mass is 127. The summed E-state index contributed by atoms with van der Waals surface area (Å²) in [5.74, 6) is -0.896. The largest absolute Gasteiger partial charge is 0.506 e. The molecule has 4 rings (SSSR count). The lowest BCUT2D eigenvalue weighted by Gasteiger charge is -2.10. The quantitative estimate of drug-likeness (QED) is 0.156. The third-order valence-corrected chi connectivity index (χ3v) is 6.41. The van der Waals surface area contributed by atoms with E-state index in [0.29, 0.717) is 40.2 Å². The number of aromatic hydroxyl groups is 2. The molecule has 0 spiro atoms. The van der Waals surface area contributed by atoms with Crippen LogP contribution in [0.5, 0.6) is 11.5 Å². The zero-order valence-electron chi connectivity index (χ0n) is 13.5. The smallest absolute Gasteiger partial charge is 0.378 e. The average Bonchev–Trinajstić information content (AvgIpc) is 2.66. The summed E-state index contributed by atoms with van der Waals surface area (Å²) in [5, 5.41) is 31.2. The second-order valence-electron chi connectivity index (χ2n) is 5.88. The summed E-state index contributed by atoms with van der Waals surface area (Å²) >= 11 is 3.98. The molecule has 5 nitrogen and oxygen atoms in total. The normalized spacial score (nSPS) is 11.2. The Morgan fingerprint density at radius 3 is 1.85 bits per heavy atom. The Morgan fingerprint density at radius 1 is 0.815 bits per heavy atom. The van der Waals surface area contributed by atoms with Crippen LogP contribution in [-0.2, 0) is 0 Å². The van der Waals surface area contributed by atoms with Gasteiger partial charge in [0.15, 0.2) is 7.14 Å². The van der Waals surface area contributed by atoms with Crippen LogP contribution in [0.2, 0.25) is 0 Å². The Hall–Kier alpha value is -2.14. The minimum Gasteiger partial charge on any atom is -0.506 e. The number of fused-ring (bicyclic) bond motifs is 2. The topological polar surface area (TPSA) is 89.1 Å². The van der Waals surface area contributed by atoms with Crippen molar-refractivity contribution in [2.45, 2.75) is 0 Å². The Labute approximate surface area is 180 Å². The van der Waals surface area contributed by atoms with E-state index in [-0.39, 0.29) is 17.1 Å². The van der Waals surface area contributed by atoms with Gasteiger partial charge in [-0.1, -0.05) is 18.2 Å². The Kier molecular flexibility index (Phi) is 4.58. The maximum atomic E-state index is 11.8. The standard InChI is InChI=1S/C20H10I2O5/c21-16-13(23)7-5-11-15(9-3-1-2-4-10(9)20(25)26)12-6-8-14(24)17(22)19(12)27-18(11)16/h1-8H,(H2-,23,24,25,26)/p+1. The summed E-state index contributed by atoms with van der Waals surface area (Å²) < 4.78 is 7.08. The van der Waals surface area contributed by atoms with Crippen LogP contribution in [0.3, 0.4) is 0 Å². The number of hydrogen-bond donors (Lipinski definition) is 3. The van der Waals surface area contributed by atoms with E-state index in [1.807, 2.05) is 45.2 Å². The van der Waals surface area contributed by atoms with Gasteiger partial charge in [-0.15, -0.1) is 0 Å². The fourth-order valence-corrected chi connectivity index (χ4v) is 4.27. The molecule has 0 bridgehead atoms. The van der Waals surface area contributed by atoms with Crippen LogP contribution < -0.4 is 0 Å². The highest BCUT2D eigenvalue weighted by molar-refractivity contribution is 14.1. The van der Waals surface area contributed by atoms with Crippen molar-refractivity contribution in [2.75, 3.05) is 0 Å². The number of carboxylic acids is 1. The lowest BCUT2D eigenvalue weighted by Crippen LogP contribution is -2.00. The molecule has 0 aliphatic carbocycles. The van der Waals surface area contributed by atoms with Crippen molar-refractivity contribution in [1.29, 1.82) is 0 Å². The summed E-state index contributed by atoms with van der Waals surface area (Å²) in [6.07, 6.45) is 0. The molecule has 0 fully saturated rings. The minimum atomic E-state index is -1.03. The van der Waals surface area contributed by atoms with Crippen LogP contribution in [0.15, 0.2) is 52.9 Å². The second-order valence-corrected chi connectivity index (χ2v) is 8.04. The molecule has 0 aliphatic heterocycles. The van der Waals surface area contributed by atoms with E-state index in [0.717, 1.165) is 0 Å². The summed E-state index contributed by atoms with van der Waals surface area (Å²) in [4.78, 5) is 11.8. The van der Waals surface area contributed by atoms with Crippen LogP contribution >= 0.6 is 45.2 Å². The van der Waals surface area contributed by atoms with E-state index in [9.17, 15) is 20.1 Å². The summed E-state index contributed by atoms with van der Waals surface area (Å²) in [7, 11) is 0. The first-order valence-corrected chi connectivity index (χ1v) is 9.97. The number of phenolic OH excluding ortho intramolecular Hbond substituents is 2. The first kappa shape index (κ1) is 18.2. The SMILES string of the molecule is O=C(O)c1ccccc1-c1c2ccc(O)c(I)c2[o+]c2c(I)c(O)ccc12. The van der Waals surface area contributed by atoms with E-state index in [2.05, 4.69) is 0 Å². The maximum Gasteiger partial charge on any atom is 0.378 e. The molecule has 27 heavy (non-hydrogen) atoms. The number of halogens is 2. The fourth-order valence-electron chi connectivity index (χ4n) is 3.11. The monoisotopic (exact) mass is 585 g/mol. The Bertz CT molecular complexity index is 1180. The zero-order valence-corrected chi connectivity index (χ0v) is 17.8. The van der Waals surface area contributed by atoms with Crippen molar-refractivity contribution in [3.63, 3.8) is 0 Å². The highest BCUT2D eigenvalue weighted by Crippen LogP contribution is 2.43. The molecule has 0 saturated heterocycles. The first-order chi connectivity index (χ1) is 12.9. The lowest BCUT2D eigenvalue weighted by molar-refractivity contribution is 0.0697. The van der Waals surface area contributed by atoms with Crippen molar-refractivity contribution >= 4 is 73.1 Å². The molecule has 0 aliphatic rings. The van der Waals surface area contributed by atoms with Crippen LogP contribution in [0.1, 0.15) is 10.4 Å². The number of carbonyl (C=O) groups is 1. The molecule has 3 aromatic carbocycles. The van der Waals surface area contributed by atoms with Gasteiger partial charge in [-0.05, 0) is 81.1 Å². The van der Waals surface area contributed by atoms with Crippen LogP contribution in [0.4, 0.5) is 0 Å². The molecule has 0 unspecified atom stereocenters. The van der Waals surface area contributed by atoms with E-state index >= 15 is 0 Å². The number of hydrogen-bond acceptors (Lipinski definition) is 3. The molecule has 0 radical (unpaired) electrons. The molecular formula is C20H11I2O5+. The second kappa shape index (κ2) is 6.79.